The van der Waals surface area contributed by atoms with Crippen LogP contribution in [0, 0.1) is 5.92 Å². The summed E-state index contributed by atoms with van der Waals surface area (Å²) in [6, 6.07) is 0. The highest BCUT2D eigenvalue weighted by molar-refractivity contribution is 5.15. The van der Waals surface area contributed by atoms with Crippen molar-refractivity contribution in [1.29, 1.82) is 0 Å². The molecule has 124 valence electrons. The maximum atomic E-state index is 12.5. The molecule has 2 atom stereocenters. The van der Waals surface area contributed by atoms with Gasteiger partial charge in [0.1, 0.15) is 6.61 Å². The van der Waals surface area contributed by atoms with Gasteiger partial charge in [0.2, 0.25) is 0 Å². The second-order valence-corrected chi connectivity index (χ2v) is 5.18. The number of ether oxygens (including phenoxy) is 1. The third kappa shape index (κ3) is 4.35. The van der Waals surface area contributed by atoms with Crippen LogP contribution in [0.5, 0.6) is 0 Å². The Balaban J connectivity index is 0.000000255. The third-order valence-electron chi connectivity index (χ3n) is 3.50. The Bertz CT molecular complexity index is 375. The summed E-state index contributed by atoms with van der Waals surface area (Å²) < 4.78 is 75.5. The van der Waals surface area contributed by atoms with Crippen LogP contribution in [0.1, 0.15) is 32.6 Å². The first-order valence-corrected chi connectivity index (χ1v) is 6.62. The molecule has 1 N–H and O–H groups in total. The molecule has 0 aliphatic heterocycles. The molecule has 2 nitrogen and oxygen atoms in total. The maximum Gasteiger partial charge on any atom is 0.459 e. The van der Waals surface area contributed by atoms with Gasteiger partial charge in [-0.05, 0) is 38.5 Å². The Morgan fingerprint density at radius 1 is 1.24 bits per heavy atom. The van der Waals surface area contributed by atoms with Crippen molar-refractivity contribution in [3.05, 3.63) is 11.6 Å². The Morgan fingerprint density at radius 2 is 1.86 bits per heavy atom. The predicted octanol–water partition coefficient (Wildman–Crippen LogP) is 4.00. The van der Waals surface area contributed by atoms with Crippen LogP contribution < -0.4 is 0 Å². The SMILES string of the molecule is C1=C2CCC(C1)C2.CCOCC(O)(F)C(F)(F)C(F)(F)F. The Hall–Kier alpha value is -0.760. The molecule has 0 aromatic carbocycles. The van der Waals surface area contributed by atoms with Gasteiger partial charge in [0, 0.05) is 6.61 Å². The van der Waals surface area contributed by atoms with Gasteiger partial charge in [-0.3, -0.25) is 0 Å². The van der Waals surface area contributed by atoms with Crippen LogP contribution in [0.2, 0.25) is 0 Å². The highest BCUT2D eigenvalue weighted by Gasteiger charge is 2.71. The smallest absolute Gasteiger partial charge is 0.376 e. The number of hydrogen-bond donors (Lipinski definition) is 1. The van der Waals surface area contributed by atoms with Crippen LogP contribution in [-0.4, -0.2) is 36.3 Å². The summed E-state index contributed by atoms with van der Waals surface area (Å²) >= 11 is 0. The lowest BCUT2D eigenvalue weighted by Crippen LogP contribution is -2.56. The second-order valence-electron chi connectivity index (χ2n) is 5.18. The zero-order valence-electron chi connectivity index (χ0n) is 11.5. The van der Waals surface area contributed by atoms with Crippen LogP contribution in [0.4, 0.5) is 26.3 Å². The lowest BCUT2D eigenvalue weighted by atomic mass is 10.1. The molecule has 2 rings (SSSR count). The van der Waals surface area contributed by atoms with Crippen LogP contribution in [0.3, 0.4) is 0 Å². The lowest BCUT2D eigenvalue weighted by molar-refractivity contribution is -0.380. The molecule has 0 spiro atoms. The average molecular weight is 320 g/mol. The van der Waals surface area contributed by atoms with Gasteiger partial charge in [-0.2, -0.15) is 22.0 Å². The first-order valence-electron chi connectivity index (χ1n) is 6.62. The topological polar surface area (TPSA) is 29.5 Å². The normalized spacial score (nSPS) is 24.2. The predicted molar refractivity (Wildman–Crippen MR) is 63.6 cm³/mol. The van der Waals surface area contributed by atoms with Gasteiger partial charge in [-0.25, -0.2) is 4.39 Å². The van der Waals surface area contributed by atoms with E-state index >= 15 is 0 Å². The second kappa shape index (κ2) is 6.56. The van der Waals surface area contributed by atoms with E-state index < -0.39 is 24.6 Å². The van der Waals surface area contributed by atoms with Crippen molar-refractivity contribution in [2.24, 2.45) is 5.92 Å². The Kier molecular flexibility index (Phi) is 5.71. The molecule has 21 heavy (non-hydrogen) atoms. The zero-order valence-corrected chi connectivity index (χ0v) is 11.5. The molecule has 2 unspecified atom stereocenters. The fraction of sp³-hybridized carbons (Fsp3) is 0.846. The first kappa shape index (κ1) is 18.3. The quantitative estimate of drug-likeness (QED) is 0.627. The van der Waals surface area contributed by atoms with Crippen molar-refractivity contribution in [3.63, 3.8) is 0 Å². The average Bonchev–Trinajstić information content (AvgIpc) is 3.00. The molecule has 8 heteroatoms. The molecule has 0 radical (unpaired) electrons. The standard InChI is InChI=1S/C7H10.C6H8F6O2/c1-2-7-4-3-6(1)5-7;1-2-14-3-4(7,13)5(8,9)6(10,11)12/h1,7H,2-5H2;13H,2-3H2,1H3. The van der Waals surface area contributed by atoms with Gasteiger partial charge >= 0.3 is 18.0 Å². The molecule has 0 saturated heterocycles. The van der Waals surface area contributed by atoms with E-state index in [1.165, 1.54) is 32.6 Å². The zero-order chi connectivity index (χ0) is 16.3. The lowest BCUT2D eigenvalue weighted by Gasteiger charge is -2.29. The molecule has 0 heterocycles. The Labute approximate surface area is 118 Å². The van der Waals surface area contributed by atoms with Gasteiger partial charge < -0.3 is 9.84 Å². The summed E-state index contributed by atoms with van der Waals surface area (Å²) in [6.07, 6.45) is 2.02. The molecule has 1 saturated carbocycles. The van der Waals surface area contributed by atoms with E-state index in [4.69, 9.17) is 5.11 Å². The minimum atomic E-state index is -6.16. The molecule has 2 aliphatic carbocycles. The van der Waals surface area contributed by atoms with Gasteiger partial charge in [0.25, 0.3) is 0 Å². The summed E-state index contributed by atoms with van der Waals surface area (Å²) in [4.78, 5) is 0. The summed E-state index contributed by atoms with van der Waals surface area (Å²) in [5.74, 6) is -9.52. The molecule has 1 fully saturated rings. The number of alkyl halides is 6. The molecule has 2 aliphatic rings. The van der Waals surface area contributed by atoms with Crippen molar-refractivity contribution in [2.75, 3.05) is 13.2 Å². The Morgan fingerprint density at radius 3 is 2.10 bits per heavy atom. The van der Waals surface area contributed by atoms with Crippen LogP contribution in [0.25, 0.3) is 0 Å². The number of halogens is 6. The van der Waals surface area contributed by atoms with Gasteiger partial charge in [-0.15, -0.1) is 0 Å². The van der Waals surface area contributed by atoms with Gasteiger partial charge in [0.15, 0.2) is 0 Å². The van der Waals surface area contributed by atoms with E-state index in [2.05, 4.69) is 10.8 Å². The molecule has 0 amide bonds. The molecular weight excluding hydrogens is 302 g/mol. The number of fused-ring (bicyclic) bond motifs is 2. The van der Waals surface area contributed by atoms with E-state index in [1.807, 2.05) is 0 Å². The van der Waals surface area contributed by atoms with Crippen LogP contribution in [-0.2, 0) is 4.74 Å². The summed E-state index contributed by atoms with van der Waals surface area (Å²) in [5, 5.41) is 8.25. The van der Waals surface area contributed by atoms with E-state index in [0.717, 1.165) is 5.92 Å². The molecule has 2 bridgehead atoms. The third-order valence-corrected chi connectivity index (χ3v) is 3.50. The van der Waals surface area contributed by atoms with Crippen LogP contribution in [0.15, 0.2) is 11.6 Å². The number of aliphatic hydroxyl groups is 1. The van der Waals surface area contributed by atoms with Crippen molar-refractivity contribution in [1.82, 2.24) is 0 Å². The molecule has 0 aromatic rings. The summed E-state index contributed by atoms with van der Waals surface area (Å²) in [5.41, 5.74) is 1.74. The summed E-state index contributed by atoms with van der Waals surface area (Å²) in [7, 11) is 0. The minimum absolute atomic E-state index is 0.292. The van der Waals surface area contributed by atoms with Crippen molar-refractivity contribution in [3.8, 4) is 0 Å². The minimum Gasteiger partial charge on any atom is -0.376 e. The monoisotopic (exact) mass is 320 g/mol. The molecule has 0 aromatic heterocycles. The summed E-state index contributed by atoms with van der Waals surface area (Å²) in [6.45, 7) is -0.780. The number of allylic oxidation sites excluding steroid dienone is 2. The highest BCUT2D eigenvalue weighted by atomic mass is 19.4. The van der Waals surface area contributed by atoms with E-state index in [1.54, 1.807) is 5.57 Å². The highest BCUT2D eigenvalue weighted by Crippen LogP contribution is 2.44. The maximum absolute atomic E-state index is 12.5. The fourth-order valence-electron chi connectivity index (χ4n) is 2.23. The van der Waals surface area contributed by atoms with E-state index in [0.29, 0.717) is 0 Å². The van der Waals surface area contributed by atoms with Gasteiger partial charge in [0.05, 0.1) is 0 Å². The number of rotatable bonds is 4. The van der Waals surface area contributed by atoms with E-state index in [9.17, 15) is 26.3 Å². The van der Waals surface area contributed by atoms with Crippen molar-refractivity contribution < 1.29 is 36.2 Å². The van der Waals surface area contributed by atoms with Gasteiger partial charge in [-0.1, -0.05) is 11.6 Å². The first-order chi connectivity index (χ1) is 9.51. The molecular formula is C13H18F6O2. The fourth-order valence-corrected chi connectivity index (χ4v) is 2.23. The van der Waals surface area contributed by atoms with Crippen LogP contribution >= 0.6 is 0 Å². The van der Waals surface area contributed by atoms with E-state index in [-0.39, 0.29) is 6.61 Å². The van der Waals surface area contributed by atoms with Crippen molar-refractivity contribution >= 4 is 0 Å². The largest absolute Gasteiger partial charge is 0.459 e. The number of hydrogen-bond acceptors (Lipinski definition) is 2. The van der Waals surface area contributed by atoms with Crippen molar-refractivity contribution in [2.45, 2.75) is 50.6 Å².